The average Bonchev–Trinajstić information content (AvgIpc) is 2.59. The van der Waals surface area contributed by atoms with Gasteiger partial charge in [0, 0.05) is 24.0 Å². The third kappa shape index (κ3) is 4.15. The summed E-state index contributed by atoms with van der Waals surface area (Å²) in [6, 6.07) is 4.18. The van der Waals surface area contributed by atoms with Crippen molar-refractivity contribution in [2.75, 3.05) is 0 Å². The first kappa shape index (κ1) is 18.9. The summed E-state index contributed by atoms with van der Waals surface area (Å²) in [6.45, 7) is 0. The van der Waals surface area contributed by atoms with E-state index in [2.05, 4.69) is 0 Å². The van der Waals surface area contributed by atoms with Crippen LogP contribution in [-0.2, 0) is 0 Å². The van der Waals surface area contributed by atoms with Crippen LogP contribution in [0.1, 0.15) is 46.4 Å². The maximum Gasteiger partial charge on any atom is 0.200 e. The van der Waals surface area contributed by atoms with Crippen LogP contribution in [0.25, 0.3) is 0 Å². The molecule has 0 aliphatic carbocycles. The number of aromatic hydroxyl groups is 6. The number of carbonyl (C=O) groups is 2. The van der Waals surface area contributed by atoms with E-state index in [0.717, 1.165) is 24.3 Å². The van der Waals surface area contributed by atoms with Gasteiger partial charge in [-0.15, -0.1) is 0 Å². The molecule has 2 aromatic carbocycles. The van der Waals surface area contributed by atoms with Gasteiger partial charge >= 0.3 is 0 Å². The molecule has 0 unspecified atom stereocenters. The van der Waals surface area contributed by atoms with Gasteiger partial charge in [0.15, 0.2) is 46.1 Å². The maximum atomic E-state index is 12.0. The van der Waals surface area contributed by atoms with E-state index < -0.39 is 34.5 Å². The van der Waals surface area contributed by atoms with Crippen molar-refractivity contribution in [1.29, 1.82) is 0 Å². The lowest BCUT2D eigenvalue weighted by molar-refractivity contribution is 0.0954. The van der Waals surface area contributed by atoms with Gasteiger partial charge in [-0.25, -0.2) is 0 Å². The minimum atomic E-state index is -0.701. The Morgan fingerprint density at radius 1 is 0.577 bits per heavy atom. The fraction of sp³-hybridized carbons (Fsp3) is 0.222. The minimum absolute atomic E-state index is 0.0394. The first-order valence-corrected chi connectivity index (χ1v) is 7.77. The van der Waals surface area contributed by atoms with E-state index in [1.165, 1.54) is 0 Å². The Hall–Kier alpha value is -3.42. The molecule has 2 rings (SSSR count). The largest absolute Gasteiger partial charge is 0.504 e. The molecule has 0 fully saturated rings. The van der Waals surface area contributed by atoms with E-state index in [9.17, 15) is 40.2 Å². The summed E-state index contributed by atoms with van der Waals surface area (Å²) in [6.07, 6.45) is 0.818. The summed E-state index contributed by atoms with van der Waals surface area (Å²) in [7, 11) is 0. The zero-order chi connectivity index (χ0) is 19.4. The van der Waals surface area contributed by atoms with Crippen LogP contribution >= 0.6 is 0 Å². The Balaban J connectivity index is 1.88. The van der Waals surface area contributed by atoms with Crippen molar-refractivity contribution in [2.24, 2.45) is 0 Å². The van der Waals surface area contributed by atoms with E-state index in [0.29, 0.717) is 12.8 Å². The quantitative estimate of drug-likeness (QED) is 0.249. The molecule has 0 aromatic heterocycles. The first-order valence-electron chi connectivity index (χ1n) is 7.77. The van der Waals surface area contributed by atoms with Crippen LogP contribution in [-0.4, -0.2) is 42.2 Å². The summed E-state index contributed by atoms with van der Waals surface area (Å²) in [5, 5.41) is 56.1. The number of phenolic OH excluding ortho intramolecular Hbond substituents is 6. The van der Waals surface area contributed by atoms with Crippen molar-refractivity contribution < 1.29 is 40.2 Å². The van der Waals surface area contributed by atoms with Gasteiger partial charge in [-0.05, 0) is 37.1 Å². The van der Waals surface area contributed by atoms with E-state index in [4.69, 9.17) is 0 Å². The average molecular weight is 362 g/mol. The first-order chi connectivity index (χ1) is 12.2. The SMILES string of the molecule is O=C(CCCCC(=O)c1cc(O)c(O)c(O)c1)c1cc(O)c(O)c(O)c1. The molecule has 0 aliphatic rings. The lowest BCUT2D eigenvalue weighted by atomic mass is 10.0. The molecular formula is C18H18O8. The highest BCUT2D eigenvalue weighted by molar-refractivity contribution is 5.98. The Bertz CT molecular complexity index is 739. The number of carbonyl (C=O) groups excluding carboxylic acids is 2. The number of benzene rings is 2. The number of ketones is 2. The highest BCUT2D eigenvalue weighted by atomic mass is 16.3. The van der Waals surface area contributed by atoms with Crippen molar-refractivity contribution in [1.82, 2.24) is 0 Å². The third-order valence-corrected chi connectivity index (χ3v) is 3.84. The molecule has 0 spiro atoms. The lowest BCUT2D eigenvalue weighted by Crippen LogP contribution is -2.02. The van der Waals surface area contributed by atoms with Gasteiger partial charge in [0.2, 0.25) is 0 Å². The molecular weight excluding hydrogens is 344 g/mol. The second kappa shape index (κ2) is 7.64. The molecule has 0 bridgehead atoms. The van der Waals surface area contributed by atoms with Gasteiger partial charge in [-0.2, -0.15) is 0 Å². The Kier molecular flexibility index (Phi) is 5.56. The third-order valence-electron chi connectivity index (χ3n) is 3.84. The summed E-state index contributed by atoms with van der Waals surface area (Å²) in [4.78, 5) is 24.0. The van der Waals surface area contributed by atoms with Crippen LogP contribution in [0.2, 0.25) is 0 Å². The van der Waals surface area contributed by atoms with Crippen molar-refractivity contribution in [2.45, 2.75) is 25.7 Å². The van der Waals surface area contributed by atoms with Gasteiger partial charge in [0.05, 0.1) is 0 Å². The molecule has 26 heavy (non-hydrogen) atoms. The van der Waals surface area contributed by atoms with E-state index in [1.54, 1.807) is 0 Å². The molecule has 8 nitrogen and oxygen atoms in total. The minimum Gasteiger partial charge on any atom is -0.504 e. The molecule has 0 radical (unpaired) electrons. The Labute approximate surface area is 148 Å². The zero-order valence-corrected chi connectivity index (χ0v) is 13.6. The van der Waals surface area contributed by atoms with Gasteiger partial charge < -0.3 is 30.6 Å². The van der Waals surface area contributed by atoms with Crippen molar-refractivity contribution >= 4 is 11.6 Å². The molecule has 138 valence electrons. The molecule has 2 aromatic rings. The number of unbranched alkanes of at least 4 members (excludes halogenated alkanes) is 1. The highest BCUT2D eigenvalue weighted by Crippen LogP contribution is 2.36. The van der Waals surface area contributed by atoms with Crippen molar-refractivity contribution in [3.8, 4) is 34.5 Å². The van der Waals surface area contributed by atoms with Crippen LogP contribution in [0.4, 0.5) is 0 Å². The van der Waals surface area contributed by atoms with Crippen LogP contribution < -0.4 is 0 Å². The van der Waals surface area contributed by atoms with E-state index in [-0.39, 0.29) is 35.5 Å². The van der Waals surface area contributed by atoms with Crippen molar-refractivity contribution in [3.63, 3.8) is 0 Å². The van der Waals surface area contributed by atoms with Crippen LogP contribution in [0.5, 0.6) is 34.5 Å². The van der Waals surface area contributed by atoms with Gasteiger partial charge in [-0.1, -0.05) is 0 Å². The van der Waals surface area contributed by atoms with Crippen molar-refractivity contribution in [3.05, 3.63) is 35.4 Å². The second-order valence-electron chi connectivity index (χ2n) is 5.78. The summed E-state index contributed by atoms with van der Waals surface area (Å²) in [5.41, 5.74) is 0.0787. The lowest BCUT2D eigenvalue weighted by Gasteiger charge is -2.06. The number of hydrogen-bond acceptors (Lipinski definition) is 8. The molecule has 6 N–H and O–H groups in total. The van der Waals surface area contributed by atoms with Crippen LogP contribution in [0, 0.1) is 0 Å². The number of rotatable bonds is 7. The summed E-state index contributed by atoms with van der Waals surface area (Å²) >= 11 is 0. The summed E-state index contributed by atoms with van der Waals surface area (Å²) < 4.78 is 0. The molecule has 0 aliphatic heterocycles. The van der Waals surface area contributed by atoms with Gasteiger partial charge in [-0.3, -0.25) is 9.59 Å². The fourth-order valence-electron chi connectivity index (χ4n) is 2.39. The Morgan fingerprint density at radius 2 is 0.846 bits per heavy atom. The molecule has 0 atom stereocenters. The predicted molar refractivity (Wildman–Crippen MR) is 90.0 cm³/mol. The maximum absolute atomic E-state index is 12.0. The molecule has 8 heteroatoms. The predicted octanol–water partition coefficient (Wildman–Crippen LogP) is 2.55. The standard InChI is InChI=1S/C18H18O8/c19-11(9-5-13(21)17(25)14(22)6-9)3-1-2-4-12(20)10-7-15(23)18(26)16(24)8-10/h5-8,21-26H,1-4H2. The number of Topliss-reactive ketones (excluding diaryl/α,β-unsaturated/α-hetero) is 2. The topological polar surface area (TPSA) is 156 Å². The fourth-order valence-corrected chi connectivity index (χ4v) is 2.39. The highest BCUT2D eigenvalue weighted by Gasteiger charge is 2.15. The van der Waals surface area contributed by atoms with Crippen LogP contribution in [0.3, 0.4) is 0 Å². The van der Waals surface area contributed by atoms with Gasteiger partial charge in [0.1, 0.15) is 0 Å². The molecule has 0 heterocycles. The van der Waals surface area contributed by atoms with Gasteiger partial charge in [0.25, 0.3) is 0 Å². The molecule has 0 saturated carbocycles. The van der Waals surface area contributed by atoms with Crippen LogP contribution in [0.15, 0.2) is 24.3 Å². The zero-order valence-electron chi connectivity index (χ0n) is 13.6. The van der Waals surface area contributed by atoms with E-state index >= 15 is 0 Å². The monoisotopic (exact) mass is 362 g/mol. The number of phenols is 6. The molecule has 0 saturated heterocycles. The smallest absolute Gasteiger partial charge is 0.200 e. The number of hydrogen-bond donors (Lipinski definition) is 6. The molecule has 0 amide bonds. The van der Waals surface area contributed by atoms with E-state index in [1.807, 2.05) is 0 Å². The second-order valence-corrected chi connectivity index (χ2v) is 5.78. The normalized spacial score (nSPS) is 10.6. The summed E-state index contributed by atoms with van der Waals surface area (Å²) in [5.74, 6) is -4.55. The Morgan fingerprint density at radius 3 is 1.12 bits per heavy atom.